The maximum absolute atomic E-state index is 12.4. The standard InChI is InChI=1S/C18H30N4O/c1-12-5-4-8-16-13(12)9-10-22(16)11-17(23)21-18-19-14-6-2-3-7-15(14)20-18/h12-16H,2-11H2,1H3,(H2,19,20,21,23). The van der Waals surface area contributed by atoms with Gasteiger partial charge in [0.15, 0.2) is 5.96 Å². The van der Waals surface area contributed by atoms with E-state index in [9.17, 15) is 4.79 Å². The van der Waals surface area contributed by atoms with Gasteiger partial charge in [0.05, 0.1) is 18.6 Å². The van der Waals surface area contributed by atoms with Crippen molar-refractivity contribution in [1.29, 1.82) is 0 Å². The molecule has 23 heavy (non-hydrogen) atoms. The molecule has 0 aromatic heterocycles. The van der Waals surface area contributed by atoms with E-state index >= 15 is 0 Å². The molecule has 5 unspecified atom stereocenters. The summed E-state index contributed by atoms with van der Waals surface area (Å²) in [7, 11) is 0. The third-order valence-electron chi connectivity index (χ3n) is 6.55. The van der Waals surface area contributed by atoms with Crippen LogP contribution in [0, 0.1) is 11.8 Å². The lowest BCUT2D eigenvalue weighted by Gasteiger charge is -2.35. The summed E-state index contributed by atoms with van der Waals surface area (Å²) in [6.45, 7) is 4.00. The molecular formula is C18H30N4O. The van der Waals surface area contributed by atoms with Gasteiger partial charge in [-0.15, -0.1) is 0 Å². The molecule has 0 bridgehead atoms. The van der Waals surface area contributed by atoms with Gasteiger partial charge < -0.3 is 5.32 Å². The van der Waals surface area contributed by atoms with E-state index in [0.717, 1.165) is 30.8 Å². The molecule has 0 aromatic rings. The molecular weight excluding hydrogens is 288 g/mol. The maximum Gasteiger partial charge on any atom is 0.240 e. The molecule has 2 aliphatic carbocycles. The fourth-order valence-corrected chi connectivity index (χ4v) is 5.30. The number of nitrogens with one attached hydrogen (secondary N) is 2. The number of carbonyl (C=O) groups is 1. The number of nitrogens with zero attached hydrogens (tertiary/aromatic N) is 2. The van der Waals surface area contributed by atoms with Gasteiger partial charge in [0, 0.05) is 6.04 Å². The summed E-state index contributed by atoms with van der Waals surface area (Å²) in [5, 5.41) is 6.44. The molecule has 5 atom stereocenters. The minimum Gasteiger partial charge on any atom is -0.351 e. The van der Waals surface area contributed by atoms with Crippen molar-refractivity contribution in [3.63, 3.8) is 0 Å². The van der Waals surface area contributed by atoms with Gasteiger partial charge in [-0.1, -0.05) is 32.6 Å². The first kappa shape index (κ1) is 15.4. The molecule has 2 saturated carbocycles. The number of fused-ring (bicyclic) bond motifs is 2. The number of amides is 1. The molecule has 1 amide bonds. The van der Waals surface area contributed by atoms with Crippen LogP contribution in [-0.2, 0) is 4.79 Å². The van der Waals surface area contributed by atoms with Crippen molar-refractivity contribution in [1.82, 2.24) is 15.5 Å². The topological polar surface area (TPSA) is 56.7 Å². The molecule has 5 heteroatoms. The quantitative estimate of drug-likeness (QED) is 0.817. The van der Waals surface area contributed by atoms with Crippen molar-refractivity contribution in [2.75, 3.05) is 13.1 Å². The smallest absolute Gasteiger partial charge is 0.240 e. The van der Waals surface area contributed by atoms with Crippen LogP contribution in [-0.4, -0.2) is 48.0 Å². The second kappa shape index (κ2) is 6.42. The van der Waals surface area contributed by atoms with Gasteiger partial charge in [0.25, 0.3) is 0 Å². The summed E-state index contributed by atoms with van der Waals surface area (Å²) in [4.78, 5) is 19.5. The van der Waals surface area contributed by atoms with Gasteiger partial charge >= 0.3 is 0 Å². The Morgan fingerprint density at radius 1 is 1.22 bits per heavy atom. The Labute approximate surface area is 139 Å². The second-order valence-electron chi connectivity index (χ2n) is 8.03. The Kier molecular flexibility index (Phi) is 4.31. The number of rotatable bonds is 2. The highest BCUT2D eigenvalue weighted by atomic mass is 16.2. The Balaban J connectivity index is 1.31. The predicted molar refractivity (Wildman–Crippen MR) is 91.2 cm³/mol. The average Bonchev–Trinajstić information content (AvgIpc) is 3.12. The summed E-state index contributed by atoms with van der Waals surface area (Å²) in [5.74, 6) is 2.46. The van der Waals surface area contributed by atoms with Gasteiger partial charge in [-0.05, 0) is 44.1 Å². The van der Waals surface area contributed by atoms with Crippen LogP contribution in [0.25, 0.3) is 0 Å². The van der Waals surface area contributed by atoms with E-state index in [1.54, 1.807) is 0 Å². The number of aliphatic imine (C=N–C) groups is 1. The highest BCUT2D eigenvalue weighted by Gasteiger charge is 2.40. The van der Waals surface area contributed by atoms with Crippen LogP contribution in [0.3, 0.4) is 0 Å². The van der Waals surface area contributed by atoms with Crippen LogP contribution >= 0.6 is 0 Å². The van der Waals surface area contributed by atoms with E-state index in [1.165, 1.54) is 44.9 Å². The van der Waals surface area contributed by atoms with Crippen LogP contribution in [0.2, 0.25) is 0 Å². The van der Waals surface area contributed by atoms with Gasteiger partial charge in [-0.25, -0.2) is 4.99 Å². The Morgan fingerprint density at radius 3 is 2.96 bits per heavy atom. The zero-order valence-corrected chi connectivity index (χ0v) is 14.3. The lowest BCUT2D eigenvalue weighted by atomic mass is 9.77. The van der Waals surface area contributed by atoms with Crippen molar-refractivity contribution in [2.45, 2.75) is 76.4 Å². The zero-order valence-electron chi connectivity index (χ0n) is 14.3. The number of guanidine groups is 1. The van der Waals surface area contributed by atoms with Crippen molar-refractivity contribution in [3.05, 3.63) is 0 Å². The molecule has 3 fully saturated rings. The van der Waals surface area contributed by atoms with Crippen molar-refractivity contribution >= 4 is 11.9 Å². The van der Waals surface area contributed by atoms with Crippen LogP contribution in [0.1, 0.15) is 58.3 Å². The van der Waals surface area contributed by atoms with E-state index in [0.29, 0.717) is 24.7 Å². The fourth-order valence-electron chi connectivity index (χ4n) is 5.30. The molecule has 1 saturated heterocycles. The van der Waals surface area contributed by atoms with Gasteiger partial charge in [-0.2, -0.15) is 0 Å². The molecule has 2 heterocycles. The van der Waals surface area contributed by atoms with Gasteiger partial charge in [-0.3, -0.25) is 15.0 Å². The van der Waals surface area contributed by atoms with E-state index in [4.69, 9.17) is 0 Å². The zero-order chi connectivity index (χ0) is 15.8. The highest BCUT2D eigenvalue weighted by molar-refractivity contribution is 5.98. The van der Waals surface area contributed by atoms with E-state index < -0.39 is 0 Å². The fraction of sp³-hybridized carbons (Fsp3) is 0.889. The molecule has 4 rings (SSSR count). The molecule has 4 aliphatic rings. The summed E-state index contributed by atoms with van der Waals surface area (Å²) in [6, 6.07) is 1.47. The maximum atomic E-state index is 12.4. The molecule has 128 valence electrons. The number of carbonyl (C=O) groups excluding carboxylic acids is 1. The summed E-state index contributed by atoms with van der Waals surface area (Å²) >= 11 is 0. The normalized spacial score (nSPS) is 40.0. The van der Waals surface area contributed by atoms with Crippen molar-refractivity contribution < 1.29 is 4.79 Å². The lowest BCUT2D eigenvalue weighted by molar-refractivity contribution is -0.121. The average molecular weight is 318 g/mol. The predicted octanol–water partition coefficient (Wildman–Crippen LogP) is 1.88. The molecule has 0 radical (unpaired) electrons. The van der Waals surface area contributed by atoms with E-state index in [2.05, 4.69) is 27.4 Å². The number of hydrogen-bond acceptors (Lipinski definition) is 4. The van der Waals surface area contributed by atoms with E-state index in [1.807, 2.05) is 0 Å². The molecule has 2 N–H and O–H groups in total. The molecule has 0 aromatic carbocycles. The van der Waals surface area contributed by atoms with Crippen LogP contribution in [0.4, 0.5) is 0 Å². The van der Waals surface area contributed by atoms with Crippen LogP contribution < -0.4 is 10.6 Å². The van der Waals surface area contributed by atoms with Crippen LogP contribution in [0.5, 0.6) is 0 Å². The minimum absolute atomic E-state index is 0.105. The largest absolute Gasteiger partial charge is 0.351 e. The van der Waals surface area contributed by atoms with Gasteiger partial charge in [0.2, 0.25) is 5.91 Å². The lowest BCUT2D eigenvalue weighted by Crippen LogP contribution is -2.48. The molecule has 2 aliphatic heterocycles. The molecule has 5 nitrogen and oxygen atoms in total. The summed E-state index contributed by atoms with van der Waals surface area (Å²) < 4.78 is 0. The Hall–Kier alpha value is -1.10. The third-order valence-corrected chi connectivity index (χ3v) is 6.55. The second-order valence-corrected chi connectivity index (χ2v) is 8.03. The van der Waals surface area contributed by atoms with Crippen molar-refractivity contribution in [3.8, 4) is 0 Å². The minimum atomic E-state index is 0.105. The first-order valence-electron chi connectivity index (χ1n) is 9.59. The monoisotopic (exact) mass is 318 g/mol. The van der Waals surface area contributed by atoms with E-state index in [-0.39, 0.29) is 5.91 Å². The number of likely N-dealkylation sites (tertiary alicyclic amines) is 1. The number of hydrogen-bond donors (Lipinski definition) is 2. The Morgan fingerprint density at radius 2 is 2.09 bits per heavy atom. The third kappa shape index (κ3) is 3.12. The first-order valence-corrected chi connectivity index (χ1v) is 9.59. The van der Waals surface area contributed by atoms with Gasteiger partial charge in [0.1, 0.15) is 0 Å². The molecule has 0 spiro atoms. The highest BCUT2D eigenvalue weighted by Crippen LogP contribution is 2.39. The summed E-state index contributed by atoms with van der Waals surface area (Å²) in [6.07, 6.45) is 10.1. The Bertz CT molecular complexity index is 491. The SMILES string of the molecule is CC1CCCC2C1CCN2CC(=O)NC1=NC2CCCCC2N1. The van der Waals surface area contributed by atoms with Crippen LogP contribution in [0.15, 0.2) is 4.99 Å². The van der Waals surface area contributed by atoms with Crippen molar-refractivity contribution in [2.24, 2.45) is 16.8 Å². The summed E-state index contributed by atoms with van der Waals surface area (Å²) in [5.41, 5.74) is 0. The first-order chi connectivity index (χ1) is 11.2.